The number of hydrogen-bond donors (Lipinski definition) is 0. The maximum atomic E-state index is 13.0. The molecule has 0 N–H and O–H groups in total. The quantitative estimate of drug-likeness (QED) is 0.855. The van der Waals surface area contributed by atoms with Crippen LogP contribution >= 0.6 is 0 Å². The van der Waals surface area contributed by atoms with E-state index in [0.717, 1.165) is 50.6 Å². The van der Waals surface area contributed by atoms with E-state index in [0.29, 0.717) is 12.2 Å². The van der Waals surface area contributed by atoms with E-state index in [1.165, 1.54) is 11.9 Å². The Morgan fingerprint density at radius 3 is 2.68 bits per heavy atom. The number of hydrogen-bond acceptors (Lipinski definition) is 5. The van der Waals surface area contributed by atoms with E-state index < -0.39 is 0 Å². The van der Waals surface area contributed by atoms with Crippen molar-refractivity contribution in [3.8, 4) is 0 Å². The molecular weight excluding hydrogens is 314 g/mol. The number of nitrogens with zero attached hydrogens (tertiary/aromatic N) is 5. The number of carbonyl (C=O) groups is 1. The Morgan fingerprint density at radius 1 is 1.08 bits per heavy atom. The zero-order valence-corrected chi connectivity index (χ0v) is 14.6. The number of para-hydroxylation sites is 1. The van der Waals surface area contributed by atoms with Gasteiger partial charge in [0.05, 0.1) is 0 Å². The Morgan fingerprint density at radius 2 is 1.88 bits per heavy atom. The molecule has 2 aromatic rings. The maximum Gasteiger partial charge on any atom is 0.277 e. The lowest BCUT2D eigenvalue weighted by Gasteiger charge is -2.34. The highest BCUT2D eigenvalue weighted by molar-refractivity contribution is 6.06. The molecule has 3 heterocycles. The van der Waals surface area contributed by atoms with E-state index in [2.05, 4.69) is 32.8 Å². The van der Waals surface area contributed by atoms with Gasteiger partial charge < -0.3 is 14.7 Å². The molecule has 2 aliphatic heterocycles. The van der Waals surface area contributed by atoms with Gasteiger partial charge >= 0.3 is 0 Å². The summed E-state index contributed by atoms with van der Waals surface area (Å²) >= 11 is 0. The second-order valence-electron chi connectivity index (χ2n) is 6.52. The van der Waals surface area contributed by atoms with Crippen LogP contribution in [0.1, 0.15) is 23.0 Å². The highest BCUT2D eigenvalue weighted by Crippen LogP contribution is 2.28. The first kappa shape index (κ1) is 16.0. The van der Waals surface area contributed by atoms with Crippen molar-refractivity contribution in [2.45, 2.75) is 13.3 Å². The first-order valence-electron chi connectivity index (χ1n) is 8.95. The molecule has 0 saturated carbocycles. The standard InChI is InChI=1S/C19H23N5O/c1-2-22-9-11-23(12-10-22)18-13-16(20-14-21-18)19(25)24-8-7-15-5-3-4-6-17(15)24/h3-6,13-14H,2,7-12H2,1H3. The normalized spacial score (nSPS) is 17.6. The fourth-order valence-electron chi connectivity index (χ4n) is 3.62. The molecule has 0 radical (unpaired) electrons. The number of piperazine rings is 1. The third-order valence-electron chi connectivity index (χ3n) is 5.15. The fourth-order valence-corrected chi connectivity index (χ4v) is 3.62. The van der Waals surface area contributed by atoms with Crippen molar-refractivity contribution in [3.63, 3.8) is 0 Å². The zero-order valence-electron chi connectivity index (χ0n) is 14.6. The number of rotatable bonds is 3. The van der Waals surface area contributed by atoms with E-state index in [9.17, 15) is 4.79 Å². The van der Waals surface area contributed by atoms with Gasteiger partial charge in [-0.1, -0.05) is 25.1 Å². The van der Waals surface area contributed by atoms with Crippen molar-refractivity contribution in [1.29, 1.82) is 0 Å². The molecule has 6 nitrogen and oxygen atoms in total. The van der Waals surface area contributed by atoms with Crippen LogP contribution < -0.4 is 9.80 Å². The molecule has 1 fully saturated rings. The van der Waals surface area contributed by atoms with E-state index >= 15 is 0 Å². The molecule has 130 valence electrons. The molecule has 6 heteroatoms. The summed E-state index contributed by atoms with van der Waals surface area (Å²) in [5.41, 5.74) is 2.70. The number of benzene rings is 1. The number of anilines is 2. The minimum absolute atomic E-state index is 0.0409. The van der Waals surface area contributed by atoms with Gasteiger partial charge in [0.2, 0.25) is 0 Å². The second-order valence-corrected chi connectivity index (χ2v) is 6.52. The number of likely N-dealkylation sites (N-methyl/N-ethyl adjacent to an activating group) is 1. The van der Waals surface area contributed by atoms with Gasteiger partial charge in [-0.25, -0.2) is 9.97 Å². The topological polar surface area (TPSA) is 52.6 Å². The molecule has 0 bridgehead atoms. The molecule has 0 atom stereocenters. The Bertz CT molecular complexity index is 770. The van der Waals surface area contributed by atoms with Gasteiger partial charge in [0.15, 0.2) is 0 Å². The lowest BCUT2D eigenvalue weighted by Crippen LogP contribution is -2.46. The van der Waals surface area contributed by atoms with Crippen LogP contribution in [0, 0.1) is 0 Å². The summed E-state index contributed by atoms with van der Waals surface area (Å²) in [6.07, 6.45) is 2.41. The highest BCUT2D eigenvalue weighted by Gasteiger charge is 2.27. The van der Waals surface area contributed by atoms with Gasteiger partial charge in [-0.15, -0.1) is 0 Å². The lowest BCUT2D eigenvalue weighted by atomic mass is 10.2. The molecule has 1 amide bonds. The lowest BCUT2D eigenvalue weighted by molar-refractivity contribution is 0.0984. The zero-order chi connectivity index (χ0) is 17.2. The SMILES string of the molecule is CCN1CCN(c2cc(C(=O)N3CCc4ccccc43)ncn2)CC1. The predicted octanol–water partition coefficient (Wildman–Crippen LogP) is 1.82. The molecule has 1 saturated heterocycles. The monoisotopic (exact) mass is 337 g/mol. The van der Waals surface area contributed by atoms with Crippen LogP contribution in [0.5, 0.6) is 0 Å². The molecule has 1 aromatic carbocycles. The third-order valence-corrected chi connectivity index (χ3v) is 5.15. The Kier molecular flexibility index (Phi) is 4.36. The summed E-state index contributed by atoms with van der Waals surface area (Å²) in [5.74, 6) is 0.808. The van der Waals surface area contributed by atoms with Gasteiger partial charge in [-0.3, -0.25) is 4.79 Å². The van der Waals surface area contributed by atoms with Gasteiger partial charge in [0.25, 0.3) is 5.91 Å². The van der Waals surface area contributed by atoms with Crippen molar-refractivity contribution < 1.29 is 4.79 Å². The summed E-state index contributed by atoms with van der Waals surface area (Å²) in [5, 5.41) is 0. The van der Waals surface area contributed by atoms with Crippen LogP contribution in [-0.4, -0.2) is 60.0 Å². The summed E-state index contributed by atoms with van der Waals surface area (Å²) in [4.78, 5) is 28.1. The van der Waals surface area contributed by atoms with Crippen molar-refractivity contribution in [2.24, 2.45) is 0 Å². The van der Waals surface area contributed by atoms with E-state index in [1.807, 2.05) is 29.2 Å². The number of fused-ring (bicyclic) bond motifs is 1. The van der Waals surface area contributed by atoms with Crippen LogP contribution in [0.25, 0.3) is 0 Å². The number of aromatic nitrogens is 2. The van der Waals surface area contributed by atoms with Crippen molar-refractivity contribution in [1.82, 2.24) is 14.9 Å². The molecule has 0 spiro atoms. The second kappa shape index (κ2) is 6.80. The van der Waals surface area contributed by atoms with Gasteiger partial charge in [0.1, 0.15) is 17.8 Å². The van der Waals surface area contributed by atoms with Gasteiger partial charge in [-0.2, -0.15) is 0 Å². The van der Waals surface area contributed by atoms with Crippen LogP contribution in [-0.2, 0) is 6.42 Å². The molecule has 4 rings (SSSR count). The summed E-state index contributed by atoms with van der Waals surface area (Å²) in [6, 6.07) is 9.92. The largest absolute Gasteiger partial charge is 0.354 e. The molecule has 0 unspecified atom stereocenters. The summed E-state index contributed by atoms with van der Waals surface area (Å²) in [7, 11) is 0. The minimum atomic E-state index is -0.0409. The molecule has 0 aliphatic carbocycles. The number of carbonyl (C=O) groups excluding carboxylic acids is 1. The molecular formula is C19H23N5O. The van der Waals surface area contributed by atoms with Crippen molar-refractivity contribution in [2.75, 3.05) is 49.1 Å². The predicted molar refractivity (Wildman–Crippen MR) is 98.2 cm³/mol. The van der Waals surface area contributed by atoms with Crippen LogP contribution in [0.3, 0.4) is 0 Å². The van der Waals surface area contributed by atoms with Crippen LogP contribution in [0.4, 0.5) is 11.5 Å². The Labute approximate surface area is 148 Å². The Balaban J connectivity index is 1.53. The summed E-state index contributed by atoms with van der Waals surface area (Å²) in [6.45, 7) is 7.91. The fraction of sp³-hybridized carbons (Fsp3) is 0.421. The van der Waals surface area contributed by atoms with Gasteiger partial charge in [-0.05, 0) is 24.6 Å². The van der Waals surface area contributed by atoms with Crippen molar-refractivity contribution in [3.05, 3.63) is 47.9 Å². The van der Waals surface area contributed by atoms with Gasteiger partial charge in [0, 0.05) is 44.5 Å². The highest BCUT2D eigenvalue weighted by atomic mass is 16.2. The Hall–Kier alpha value is -2.47. The van der Waals surface area contributed by atoms with Crippen LogP contribution in [0.15, 0.2) is 36.7 Å². The molecule has 25 heavy (non-hydrogen) atoms. The average Bonchev–Trinajstić information content (AvgIpc) is 3.12. The van der Waals surface area contributed by atoms with Crippen LogP contribution in [0.2, 0.25) is 0 Å². The van der Waals surface area contributed by atoms with E-state index in [1.54, 1.807) is 0 Å². The summed E-state index contributed by atoms with van der Waals surface area (Å²) < 4.78 is 0. The minimum Gasteiger partial charge on any atom is -0.354 e. The average molecular weight is 337 g/mol. The maximum absolute atomic E-state index is 13.0. The smallest absolute Gasteiger partial charge is 0.277 e. The molecule has 1 aromatic heterocycles. The van der Waals surface area contributed by atoms with E-state index in [-0.39, 0.29) is 5.91 Å². The third kappa shape index (κ3) is 3.09. The molecule has 2 aliphatic rings. The first-order chi connectivity index (χ1) is 12.3. The van der Waals surface area contributed by atoms with E-state index in [4.69, 9.17) is 0 Å². The number of amides is 1. The van der Waals surface area contributed by atoms with Crippen molar-refractivity contribution >= 4 is 17.4 Å². The first-order valence-corrected chi connectivity index (χ1v) is 8.95.